The first-order valence-corrected chi connectivity index (χ1v) is 7.93. The van der Waals surface area contributed by atoms with Crippen molar-refractivity contribution >= 4 is 11.6 Å². The van der Waals surface area contributed by atoms with E-state index in [2.05, 4.69) is 21.3 Å². The van der Waals surface area contributed by atoms with E-state index in [1.54, 1.807) is 0 Å². The van der Waals surface area contributed by atoms with E-state index in [0.717, 1.165) is 37.4 Å². The van der Waals surface area contributed by atoms with Crippen LogP contribution in [0.25, 0.3) is 0 Å². The van der Waals surface area contributed by atoms with Crippen LogP contribution < -0.4 is 0 Å². The number of nitrogens with zero attached hydrogens (tertiary/aromatic N) is 5. The number of halogens is 1. The number of nitriles is 1. The van der Waals surface area contributed by atoms with Crippen LogP contribution in [0.4, 0.5) is 0 Å². The second-order valence-corrected chi connectivity index (χ2v) is 6.01. The molecular weight excluding hydrogens is 298 g/mol. The van der Waals surface area contributed by atoms with Gasteiger partial charge in [0.2, 0.25) is 0 Å². The summed E-state index contributed by atoms with van der Waals surface area (Å²) in [6.07, 6.45) is 3.20. The van der Waals surface area contributed by atoms with Gasteiger partial charge in [-0.3, -0.25) is 0 Å². The Morgan fingerprint density at radius 1 is 1.14 bits per heavy atom. The van der Waals surface area contributed by atoms with Crippen LogP contribution in [0.1, 0.15) is 29.8 Å². The number of hydrogen-bond acceptors (Lipinski definition) is 4. The molecule has 2 heterocycles. The zero-order valence-corrected chi connectivity index (χ0v) is 13.1. The molecule has 1 aliphatic heterocycles. The van der Waals surface area contributed by atoms with E-state index >= 15 is 0 Å². The Morgan fingerprint density at radius 3 is 2.55 bits per heavy atom. The first-order valence-electron chi connectivity index (χ1n) is 7.55. The summed E-state index contributed by atoms with van der Waals surface area (Å²) in [5.74, 6) is 0. The molecular formula is C16H18ClN5. The molecule has 2 aromatic rings. The van der Waals surface area contributed by atoms with E-state index in [4.69, 9.17) is 11.6 Å². The van der Waals surface area contributed by atoms with Gasteiger partial charge < -0.3 is 4.90 Å². The van der Waals surface area contributed by atoms with Crippen molar-refractivity contribution in [2.24, 2.45) is 0 Å². The molecule has 0 saturated carbocycles. The lowest BCUT2D eigenvalue weighted by Gasteiger charge is -2.15. The van der Waals surface area contributed by atoms with Gasteiger partial charge in [0.25, 0.3) is 0 Å². The van der Waals surface area contributed by atoms with E-state index in [9.17, 15) is 5.26 Å². The van der Waals surface area contributed by atoms with Crippen LogP contribution in [-0.2, 0) is 13.0 Å². The maximum absolute atomic E-state index is 9.24. The quantitative estimate of drug-likeness (QED) is 0.850. The Bertz CT molecular complexity index is 665. The Hall–Kier alpha value is -1.90. The standard InChI is InChI=1S/C16H18ClN5/c17-14-5-3-13(4-6-14)11-16-15(12-18)19-20-22(16)10-9-21-7-1-2-8-21/h3-6H,1-2,7-11H2. The van der Waals surface area contributed by atoms with Crippen molar-refractivity contribution in [3.8, 4) is 6.07 Å². The smallest absolute Gasteiger partial charge is 0.186 e. The van der Waals surface area contributed by atoms with Crippen molar-refractivity contribution in [3.05, 3.63) is 46.2 Å². The van der Waals surface area contributed by atoms with Crippen LogP contribution in [0, 0.1) is 11.3 Å². The number of benzene rings is 1. The third kappa shape index (κ3) is 3.46. The van der Waals surface area contributed by atoms with E-state index < -0.39 is 0 Å². The SMILES string of the molecule is N#Cc1nnn(CCN2CCCC2)c1Cc1ccc(Cl)cc1. The molecule has 0 radical (unpaired) electrons. The topological polar surface area (TPSA) is 57.7 Å². The van der Waals surface area contributed by atoms with Gasteiger partial charge in [-0.25, -0.2) is 4.68 Å². The molecule has 0 unspecified atom stereocenters. The first kappa shape index (κ1) is 15.0. The Balaban J connectivity index is 1.74. The molecule has 1 aromatic carbocycles. The van der Waals surface area contributed by atoms with Gasteiger partial charge in [0.05, 0.1) is 12.2 Å². The predicted molar refractivity (Wildman–Crippen MR) is 84.7 cm³/mol. The third-order valence-corrected chi connectivity index (χ3v) is 4.31. The zero-order chi connectivity index (χ0) is 15.4. The lowest BCUT2D eigenvalue weighted by Crippen LogP contribution is -2.25. The Morgan fingerprint density at radius 2 is 1.86 bits per heavy atom. The molecule has 0 atom stereocenters. The van der Waals surface area contributed by atoms with Gasteiger partial charge >= 0.3 is 0 Å². The molecule has 6 heteroatoms. The van der Waals surface area contributed by atoms with Gasteiger partial charge in [0, 0.05) is 18.0 Å². The molecule has 0 bridgehead atoms. The maximum Gasteiger partial charge on any atom is 0.186 e. The summed E-state index contributed by atoms with van der Waals surface area (Å²) in [6.45, 7) is 4.05. The summed E-state index contributed by atoms with van der Waals surface area (Å²) in [5, 5.41) is 18.1. The largest absolute Gasteiger partial charge is 0.301 e. The van der Waals surface area contributed by atoms with Crippen LogP contribution in [0.5, 0.6) is 0 Å². The molecule has 0 amide bonds. The average molecular weight is 316 g/mol. The molecule has 1 aromatic heterocycles. The molecule has 114 valence electrons. The number of likely N-dealkylation sites (tertiary alicyclic amines) is 1. The van der Waals surface area contributed by atoms with Crippen LogP contribution >= 0.6 is 11.6 Å². The van der Waals surface area contributed by atoms with E-state index in [0.29, 0.717) is 17.1 Å². The van der Waals surface area contributed by atoms with E-state index in [1.165, 1.54) is 12.8 Å². The molecule has 1 fully saturated rings. The van der Waals surface area contributed by atoms with Gasteiger partial charge in [0.1, 0.15) is 6.07 Å². The fraction of sp³-hybridized carbons (Fsp3) is 0.438. The van der Waals surface area contributed by atoms with Gasteiger partial charge in [-0.15, -0.1) is 5.10 Å². The van der Waals surface area contributed by atoms with Crippen molar-refractivity contribution in [1.82, 2.24) is 19.9 Å². The summed E-state index contributed by atoms with van der Waals surface area (Å²) in [4.78, 5) is 2.43. The zero-order valence-electron chi connectivity index (χ0n) is 12.4. The molecule has 22 heavy (non-hydrogen) atoms. The van der Waals surface area contributed by atoms with Crippen LogP contribution in [0.2, 0.25) is 5.02 Å². The van der Waals surface area contributed by atoms with Crippen LogP contribution in [-0.4, -0.2) is 39.5 Å². The van der Waals surface area contributed by atoms with Crippen molar-refractivity contribution in [2.45, 2.75) is 25.8 Å². The van der Waals surface area contributed by atoms with Gasteiger partial charge in [-0.1, -0.05) is 28.9 Å². The second kappa shape index (κ2) is 6.91. The van der Waals surface area contributed by atoms with Crippen molar-refractivity contribution in [1.29, 1.82) is 5.26 Å². The van der Waals surface area contributed by atoms with E-state index in [-0.39, 0.29) is 0 Å². The van der Waals surface area contributed by atoms with Gasteiger partial charge in [0.15, 0.2) is 5.69 Å². The molecule has 3 rings (SSSR count). The van der Waals surface area contributed by atoms with Crippen molar-refractivity contribution in [2.75, 3.05) is 19.6 Å². The lowest BCUT2D eigenvalue weighted by atomic mass is 10.1. The Labute approximate surface area is 135 Å². The third-order valence-electron chi connectivity index (χ3n) is 4.06. The predicted octanol–water partition coefficient (Wildman–Crippen LogP) is 2.49. The normalized spacial score (nSPS) is 15.1. The highest BCUT2D eigenvalue weighted by atomic mass is 35.5. The van der Waals surface area contributed by atoms with Gasteiger partial charge in [-0.05, 0) is 43.6 Å². The number of hydrogen-bond donors (Lipinski definition) is 0. The van der Waals surface area contributed by atoms with E-state index in [1.807, 2.05) is 28.9 Å². The Kier molecular flexibility index (Phi) is 4.71. The fourth-order valence-electron chi connectivity index (χ4n) is 2.81. The fourth-order valence-corrected chi connectivity index (χ4v) is 2.94. The highest BCUT2D eigenvalue weighted by Gasteiger charge is 2.16. The minimum absolute atomic E-state index is 0.413. The molecule has 0 N–H and O–H groups in total. The minimum atomic E-state index is 0.413. The monoisotopic (exact) mass is 315 g/mol. The molecule has 0 aliphatic carbocycles. The summed E-state index contributed by atoms with van der Waals surface area (Å²) in [6, 6.07) is 9.81. The number of aromatic nitrogens is 3. The average Bonchev–Trinajstić information content (AvgIpc) is 3.17. The maximum atomic E-state index is 9.24. The summed E-state index contributed by atoms with van der Waals surface area (Å²) in [7, 11) is 0. The summed E-state index contributed by atoms with van der Waals surface area (Å²) < 4.78 is 1.87. The van der Waals surface area contributed by atoms with Crippen molar-refractivity contribution in [3.63, 3.8) is 0 Å². The van der Waals surface area contributed by atoms with Crippen LogP contribution in [0.15, 0.2) is 24.3 Å². The highest BCUT2D eigenvalue weighted by molar-refractivity contribution is 6.30. The molecule has 5 nitrogen and oxygen atoms in total. The lowest BCUT2D eigenvalue weighted by molar-refractivity contribution is 0.312. The summed E-state index contributed by atoms with van der Waals surface area (Å²) >= 11 is 5.92. The molecule has 1 aliphatic rings. The van der Waals surface area contributed by atoms with Crippen molar-refractivity contribution < 1.29 is 0 Å². The minimum Gasteiger partial charge on any atom is -0.301 e. The molecule has 0 spiro atoms. The molecule has 1 saturated heterocycles. The number of rotatable bonds is 5. The first-order chi connectivity index (χ1) is 10.8. The summed E-state index contributed by atoms with van der Waals surface area (Å²) in [5.41, 5.74) is 2.39. The van der Waals surface area contributed by atoms with Crippen LogP contribution in [0.3, 0.4) is 0 Å². The highest BCUT2D eigenvalue weighted by Crippen LogP contribution is 2.16. The second-order valence-electron chi connectivity index (χ2n) is 5.57. The van der Waals surface area contributed by atoms with Gasteiger partial charge in [-0.2, -0.15) is 5.26 Å².